The number of rotatable bonds is 5. The summed E-state index contributed by atoms with van der Waals surface area (Å²) in [5.74, 6) is 1.47. The number of aromatic nitrogens is 4. The normalized spacial score (nSPS) is 13.7. The predicted octanol–water partition coefficient (Wildman–Crippen LogP) is 5.13. The molecule has 0 fully saturated rings. The Labute approximate surface area is 207 Å². The van der Waals surface area contributed by atoms with Crippen molar-refractivity contribution in [3.05, 3.63) is 86.6 Å². The minimum atomic E-state index is -0.364. The van der Waals surface area contributed by atoms with Gasteiger partial charge in [-0.05, 0) is 55.7 Å². The van der Waals surface area contributed by atoms with E-state index in [0.29, 0.717) is 45.5 Å². The van der Waals surface area contributed by atoms with Crippen molar-refractivity contribution in [3.8, 4) is 11.1 Å². The van der Waals surface area contributed by atoms with Gasteiger partial charge < -0.3 is 16.4 Å². The van der Waals surface area contributed by atoms with Gasteiger partial charge in [-0.1, -0.05) is 36.7 Å². The molecule has 1 atom stereocenters. The lowest BCUT2D eigenvalue weighted by Gasteiger charge is -2.23. The smallest absolute Gasteiger partial charge is 0.266 e. The molecular weight excluding hydrogens is 462 g/mol. The van der Waals surface area contributed by atoms with E-state index in [0.717, 1.165) is 17.7 Å². The summed E-state index contributed by atoms with van der Waals surface area (Å²) in [5, 5.41) is 7.23. The maximum atomic E-state index is 13.8. The molecule has 3 aromatic heterocycles. The number of nitrogens with one attached hydrogen (secondary N) is 2. The van der Waals surface area contributed by atoms with Crippen LogP contribution in [0, 0.1) is 6.92 Å². The molecule has 0 saturated heterocycles. The molecule has 0 spiro atoms. The summed E-state index contributed by atoms with van der Waals surface area (Å²) in [6, 6.07) is 12.5. The van der Waals surface area contributed by atoms with Crippen LogP contribution in [0.3, 0.4) is 0 Å². The molecule has 0 bridgehead atoms. The molecule has 8 nitrogen and oxygen atoms in total. The number of allylic oxidation sites excluding steroid dienone is 1. The minimum Gasteiger partial charge on any atom is -0.368 e. The Morgan fingerprint density at radius 3 is 2.77 bits per heavy atom. The van der Waals surface area contributed by atoms with Crippen LogP contribution in [-0.2, 0) is 6.42 Å². The van der Waals surface area contributed by atoms with Crippen molar-refractivity contribution in [3.63, 3.8) is 0 Å². The van der Waals surface area contributed by atoms with E-state index in [-0.39, 0.29) is 17.5 Å². The van der Waals surface area contributed by atoms with Crippen LogP contribution in [0.2, 0.25) is 5.02 Å². The van der Waals surface area contributed by atoms with Gasteiger partial charge in [-0.15, -0.1) is 0 Å². The van der Waals surface area contributed by atoms with Crippen LogP contribution in [-0.4, -0.2) is 19.4 Å². The zero-order valence-corrected chi connectivity index (χ0v) is 20.5. The molecule has 0 amide bonds. The van der Waals surface area contributed by atoms with Crippen LogP contribution in [0.5, 0.6) is 0 Å². The third-order valence-electron chi connectivity index (χ3n) is 6.24. The second-order valence-electron chi connectivity index (χ2n) is 8.65. The maximum absolute atomic E-state index is 13.8. The molecule has 0 saturated carbocycles. The summed E-state index contributed by atoms with van der Waals surface area (Å²) < 4.78 is 1.62. The largest absolute Gasteiger partial charge is 0.368 e. The standard InChI is InChI=1S/C26H26ClN7O/c1-4-16-11-19-23(29-13-16)32-26(28)33-24(19)30-15(3)22-21(17-8-6-9-18(27)12-17)25(35)34-14(2)7-5-10-20(34)31-22/h5-10,12-13,15H,4,11H2,1-3H3,(H4,28,29,30,32,33). The van der Waals surface area contributed by atoms with E-state index >= 15 is 0 Å². The highest BCUT2D eigenvalue weighted by Crippen LogP contribution is 2.33. The Hall–Kier alpha value is -3.91. The Balaban J connectivity index is 1.66. The highest BCUT2D eigenvalue weighted by molar-refractivity contribution is 6.30. The number of nitrogens with two attached hydrogens (primary N) is 1. The fourth-order valence-corrected chi connectivity index (χ4v) is 4.63. The fraction of sp³-hybridized carbons (Fsp3) is 0.231. The molecular formula is C26H26ClN7O. The van der Waals surface area contributed by atoms with Gasteiger partial charge >= 0.3 is 0 Å². The number of halogens is 1. The van der Waals surface area contributed by atoms with E-state index in [9.17, 15) is 4.79 Å². The lowest BCUT2D eigenvalue weighted by molar-refractivity contribution is 0.814. The zero-order chi connectivity index (χ0) is 24.7. The number of fused-ring (bicyclic) bond motifs is 2. The van der Waals surface area contributed by atoms with Crippen LogP contribution in [0.25, 0.3) is 16.8 Å². The number of hydrogen-bond donors (Lipinski definition) is 3. The number of hydrogen-bond acceptors (Lipinski definition) is 7. The fourth-order valence-electron chi connectivity index (χ4n) is 4.44. The van der Waals surface area contributed by atoms with Crippen LogP contribution in [0.4, 0.5) is 17.6 Å². The zero-order valence-electron chi connectivity index (χ0n) is 19.8. The second kappa shape index (κ2) is 9.03. The van der Waals surface area contributed by atoms with Gasteiger partial charge in [0, 0.05) is 28.9 Å². The van der Waals surface area contributed by atoms with Crippen molar-refractivity contribution in [1.82, 2.24) is 19.4 Å². The van der Waals surface area contributed by atoms with E-state index in [1.54, 1.807) is 16.5 Å². The molecule has 5 rings (SSSR count). The molecule has 1 aromatic carbocycles. The first-order chi connectivity index (χ1) is 16.9. The number of aryl methyl sites for hydroxylation is 1. The van der Waals surface area contributed by atoms with Crippen molar-refractivity contribution in [2.24, 2.45) is 0 Å². The molecule has 1 aliphatic heterocycles. The van der Waals surface area contributed by atoms with Gasteiger partial charge in [-0.2, -0.15) is 9.97 Å². The van der Waals surface area contributed by atoms with E-state index in [4.69, 9.17) is 22.3 Å². The lowest BCUT2D eigenvalue weighted by atomic mass is 10.00. The summed E-state index contributed by atoms with van der Waals surface area (Å²) in [6.07, 6.45) is 3.59. The van der Waals surface area contributed by atoms with E-state index in [1.165, 1.54) is 5.57 Å². The van der Waals surface area contributed by atoms with E-state index in [2.05, 4.69) is 27.5 Å². The highest BCUT2D eigenvalue weighted by atomic mass is 35.5. The Morgan fingerprint density at radius 2 is 2.00 bits per heavy atom. The third-order valence-corrected chi connectivity index (χ3v) is 6.48. The second-order valence-corrected chi connectivity index (χ2v) is 9.09. The molecule has 1 unspecified atom stereocenters. The van der Waals surface area contributed by atoms with Gasteiger partial charge in [0.2, 0.25) is 5.95 Å². The average Bonchev–Trinajstić information content (AvgIpc) is 2.83. The summed E-state index contributed by atoms with van der Waals surface area (Å²) in [6.45, 7) is 5.96. The van der Waals surface area contributed by atoms with Gasteiger partial charge in [-0.25, -0.2) is 4.98 Å². The van der Waals surface area contributed by atoms with Crippen LogP contribution in [0.1, 0.15) is 43.3 Å². The first-order valence-electron chi connectivity index (χ1n) is 11.5. The SMILES string of the molecule is CCC1=CNc2nc(N)nc(NC(C)c3nc4cccc(C)n4c(=O)c3-c3cccc(Cl)c3)c2C1. The van der Waals surface area contributed by atoms with Gasteiger partial charge in [0.1, 0.15) is 17.3 Å². The number of nitrogens with zero attached hydrogens (tertiary/aromatic N) is 4. The highest BCUT2D eigenvalue weighted by Gasteiger charge is 2.24. The Bertz CT molecular complexity index is 1540. The van der Waals surface area contributed by atoms with Crippen LogP contribution >= 0.6 is 11.6 Å². The van der Waals surface area contributed by atoms with E-state index in [1.807, 2.05) is 50.4 Å². The summed E-state index contributed by atoms with van der Waals surface area (Å²) >= 11 is 6.29. The number of nitrogen functional groups attached to an aromatic ring is 1. The topological polar surface area (TPSA) is 110 Å². The summed E-state index contributed by atoms with van der Waals surface area (Å²) in [5.41, 5.74) is 11.2. The first-order valence-corrected chi connectivity index (χ1v) is 11.9. The maximum Gasteiger partial charge on any atom is 0.266 e. The molecule has 4 aromatic rings. The molecule has 178 valence electrons. The van der Waals surface area contributed by atoms with Crippen molar-refractivity contribution < 1.29 is 0 Å². The van der Waals surface area contributed by atoms with Crippen molar-refractivity contribution >= 4 is 34.8 Å². The Kier molecular flexibility index (Phi) is 5.90. The van der Waals surface area contributed by atoms with Crippen molar-refractivity contribution in [2.75, 3.05) is 16.4 Å². The Morgan fingerprint density at radius 1 is 1.20 bits per heavy atom. The summed E-state index contributed by atoms with van der Waals surface area (Å²) in [4.78, 5) is 27.6. The lowest BCUT2D eigenvalue weighted by Crippen LogP contribution is -2.25. The molecule has 35 heavy (non-hydrogen) atoms. The van der Waals surface area contributed by atoms with Crippen LogP contribution in [0.15, 0.2) is 59.0 Å². The monoisotopic (exact) mass is 487 g/mol. The third kappa shape index (κ3) is 4.21. The first kappa shape index (κ1) is 22.9. The quantitative estimate of drug-likeness (QED) is 0.358. The molecule has 4 heterocycles. The number of pyridine rings is 1. The number of anilines is 3. The minimum absolute atomic E-state index is 0.152. The molecule has 9 heteroatoms. The van der Waals surface area contributed by atoms with Gasteiger partial charge in [-0.3, -0.25) is 9.20 Å². The average molecular weight is 488 g/mol. The van der Waals surface area contributed by atoms with Crippen molar-refractivity contribution in [1.29, 1.82) is 0 Å². The van der Waals surface area contributed by atoms with Crippen molar-refractivity contribution in [2.45, 2.75) is 39.7 Å². The van der Waals surface area contributed by atoms with Gasteiger partial charge in [0.25, 0.3) is 5.56 Å². The molecule has 0 radical (unpaired) electrons. The molecule has 4 N–H and O–H groups in total. The van der Waals surface area contributed by atoms with Crippen LogP contribution < -0.4 is 21.9 Å². The molecule has 1 aliphatic rings. The van der Waals surface area contributed by atoms with Gasteiger partial charge in [0.15, 0.2) is 0 Å². The molecule has 0 aliphatic carbocycles. The number of benzene rings is 1. The van der Waals surface area contributed by atoms with E-state index < -0.39 is 0 Å². The summed E-state index contributed by atoms with van der Waals surface area (Å²) in [7, 11) is 0. The van der Waals surface area contributed by atoms with Gasteiger partial charge in [0.05, 0.1) is 17.3 Å². The predicted molar refractivity (Wildman–Crippen MR) is 141 cm³/mol.